The molecule has 1 aliphatic heterocycles. The molecule has 5 aromatic rings. The summed E-state index contributed by atoms with van der Waals surface area (Å²) in [6, 6.07) is 29.1. The summed E-state index contributed by atoms with van der Waals surface area (Å²) in [6.07, 6.45) is 6.23. The van der Waals surface area contributed by atoms with Crippen molar-refractivity contribution in [1.82, 2.24) is 0 Å². The highest BCUT2D eigenvalue weighted by Gasteiger charge is 2.40. The molecule has 0 fully saturated rings. The topological polar surface area (TPSA) is 46.2 Å². The molecule has 0 amide bonds. The summed E-state index contributed by atoms with van der Waals surface area (Å²) in [5, 5.41) is 2.24. The average Bonchev–Trinajstić information content (AvgIpc) is 3.07. The minimum absolute atomic E-state index is 0.693. The molecule has 0 aromatic heterocycles. The van der Waals surface area contributed by atoms with E-state index >= 15 is 0 Å². The SMILES string of the molecule is COc1ccc(C2(c3ccc(OC)cc3)C=Cc3c(c4c(c5cc(OC)c(OC)cc35)CCc3ccccc3-4)O2)cc1. The number of benzene rings is 5. The number of ether oxygens (including phenoxy) is 5. The molecule has 0 atom stereocenters. The lowest BCUT2D eigenvalue weighted by atomic mass is 9.78. The molecule has 1 heterocycles. The molecule has 0 N–H and O–H groups in total. The van der Waals surface area contributed by atoms with Crippen LogP contribution in [0.2, 0.25) is 0 Å². The Bertz CT molecular complexity index is 1790. The van der Waals surface area contributed by atoms with Crippen LogP contribution >= 0.6 is 0 Å². The molecule has 1 aliphatic carbocycles. The van der Waals surface area contributed by atoms with Crippen molar-refractivity contribution in [3.63, 3.8) is 0 Å². The highest BCUT2D eigenvalue weighted by Crippen LogP contribution is 2.53. The van der Waals surface area contributed by atoms with E-state index in [-0.39, 0.29) is 0 Å². The number of hydrogen-bond donors (Lipinski definition) is 0. The molecule has 42 heavy (non-hydrogen) atoms. The van der Waals surface area contributed by atoms with Crippen LogP contribution in [0.4, 0.5) is 0 Å². The van der Waals surface area contributed by atoms with Gasteiger partial charge in [0, 0.05) is 22.3 Å². The van der Waals surface area contributed by atoms with Crippen LogP contribution in [0.15, 0.2) is 91.0 Å². The van der Waals surface area contributed by atoms with Gasteiger partial charge in [-0.1, -0.05) is 48.5 Å². The van der Waals surface area contributed by atoms with E-state index in [1.807, 2.05) is 24.3 Å². The molecule has 5 aromatic carbocycles. The number of aryl methyl sites for hydroxylation is 2. The molecule has 7 rings (SSSR count). The summed E-state index contributed by atoms with van der Waals surface area (Å²) >= 11 is 0. The second-order valence-corrected chi connectivity index (χ2v) is 10.6. The normalized spacial score (nSPS) is 14.3. The first-order chi connectivity index (χ1) is 20.6. The van der Waals surface area contributed by atoms with Crippen molar-refractivity contribution in [1.29, 1.82) is 0 Å². The third kappa shape index (κ3) is 3.92. The van der Waals surface area contributed by atoms with Gasteiger partial charge < -0.3 is 23.7 Å². The number of fused-ring (bicyclic) bond motifs is 8. The lowest BCUT2D eigenvalue weighted by Gasteiger charge is -2.39. The summed E-state index contributed by atoms with van der Waals surface area (Å²) in [5.41, 5.74) is 7.08. The summed E-state index contributed by atoms with van der Waals surface area (Å²) < 4.78 is 29.9. The predicted octanol–water partition coefficient (Wildman–Crippen LogP) is 7.99. The Labute approximate surface area is 245 Å². The van der Waals surface area contributed by atoms with E-state index in [2.05, 4.69) is 72.8 Å². The molecular weight excluding hydrogens is 524 g/mol. The van der Waals surface area contributed by atoms with Gasteiger partial charge in [-0.15, -0.1) is 0 Å². The van der Waals surface area contributed by atoms with Crippen LogP contribution in [0.1, 0.15) is 27.8 Å². The van der Waals surface area contributed by atoms with Crippen molar-refractivity contribution in [3.8, 4) is 39.9 Å². The molecule has 0 unspecified atom stereocenters. The first-order valence-electron chi connectivity index (χ1n) is 14.1. The van der Waals surface area contributed by atoms with Crippen LogP contribution in [0.5, 0.6) is 28.7 Å². The number of methoxy groups -OCH3 is 4. The molecule has 210 valence electrons. The van der Waals surface area contributed by atoms with E-state index in [0.29, 0.717) is 5.75 Å². The third-order valence-electron chi connectivity index (χ3n) is 8.63. The smallest absolute Gasteiger partial charge is 0.178 e. The second kappa shape index (κ2) is 10.2. The Morgan fingerprint density at radius 1 is 0.643 bits per heavy atom. The fraction of sp³-hybridized carbons (Fsp3) is 0.189. The van der Waals surface area contributed by atoms with Gasteiger partial charge >= 0.3 is 0 Å². The Morgan fingerprint density at radius 2 is 1.24 bits per heavy atom. The summed E-state index contributed by atoms with van der Waals surface area (Å²) in [5.74, 6) is 3.87. The van der Waals surface area contributed by atoms with Gasteiger partial charge in [0.15, 0.2) is 17.1 Å². The highest BCUT2D eigenvalue weighted by atomic mass is 16.5. The fourth-order valence-corrected chi connectivity index (χ4v) is 6.49. The van der Waals surface area contributed by atoms with E-state index in [4.69, 9.17) is 23.7 Å². The standard InChI is InChI=1S/C37H32O5/c1-38-26-14-10-24(11-15-26)37(25-12-16-27(39-2)17-13-25)20-19-30-32-22-34(41-4)33(40-3)21-31(32)29-18-9-23-7-5-6-8-28(23)35(29)36(30)42-37/h5-8,10-17,19-22H,9,18H2,1-4H3. The van der Waals surface area contributed by atoms with Crippen molar-refractivity contribution in [2.24, 2.45) is 0 Å². The van der Waals surface area contributed by atoms with E-state index < -0.39 is 5.60 Å². The Balaban J connectivity index is 1.55. The minimum Gasteiger partial charge on any atom is -0.497 e. The van der Waals surface area contributed by atoms with Gasteiger partial charge in [0.25, 0.3) is 0 Å². The van der Waals surface area contributed by atoms with E-state index in [9.17, 15) is 0 Å². The molecular formula is C37H32O5. The number of rotatable bonds is 6. The molecule has 0 spiro atoms. The minimum atomic E-state index is -0.879. The van der Waals surface area contributed by atoms with Crippen LogP contribution in [-0.2, 0) is 18.4 Å². The highest BCUT2D eigenvalue weighted by molar-refractivity contribution is 6.04. The summed E-state index contributed by atoms with van der Waals surface area (Å²) in [7, 11) is 6.72. The van der Waals surface area contributed by atoms with Crippen LogP contribution in [0, 0.1) is 0 Å². The van der Waals surface area contributed by atoms with Crippen LogP contribution < -0.4 is 23.7 Å². The first kappa shape index (κ1) is 26.0. The van der Waals surface area contributed by atoms with Crippen molar-refractivity contribution >= 4 is 16.8 Å². The number of hydrogen-bond acceptors (Lipinski definition) is 5. The van der Waals surface area contributed by atoms with Gasteiger partial charge in [-0.05, 0) is 88.9 Å². The maximum absolute atomic E-state index is 7.39. The van der Waals surface area contributed by atoms with Crippen molar-refractivity contribution in [2.45, 2.75) is 18.4 Å². The zero-order valence-electron chi connectivity index (χ0n) is 24.2. The largest absolute Gasteiger partial charge is 0.497 e. The average molecular weight is 557 g/mol. The zero-order valence-corrected chi connectivity index (χ0v) is 24.2. The molecule has 0 saturated heterocycles. The molecule has 5 heteroatoms. The maximum Gasteiger partial charge on any atom is 0.178 e. The lowest BCUT2D eigenvalue weighted by Crippen LogP contribution is -2.34. The quantitative estimate of drug-likeness (QED) is 0.212. The maximum atomic E-state index is 7.39. The van der Waals surface area contributed by atoms with E-state index in [1.165, 1.54) is 16.7 Å². The van der Waals surface area contributed by atoms with Gasteiger partial charge in [0.2, 0.25) is 0 Å². The second-order valence-electron chi connectivity index (χ2n) is 10.6. The van der Waals surface area contributed by atoms with Crippen LogP contribution in [0.3, 0.4) is 0 Å². The van der Waals surface area contributed by atoms with Crippen molar-refractivity contribution in [2.75, 3.05) is 28.4 Å². The zero-order chi connectivity index (χ0) is 28.8. The monoisotopic (exact) mass is 556 g/mol. The van der Waals surface area contributed by atoms with Crippen LogP contribution in [-0.4, -0.2) is 28.4 Å². The van der Waals surface area contributed by atoms with Crippen molar-refractivity contribution in [3.05, 3.63) is 119 Å². The Hall–Kier alpha value is -4.90. The molecule has 0 saturated carbocycles. The first-order valence-corrected chi connectivity index (χ1v) is 14.1. The van der Waals surface area contributed by atoms with Gasteiger partial charge in [-0.3, -0.25) is 0 Å². The molecule has 0 bridgehead atoms. The Kier molecular flexibility index (Phi) is 6.31. The molecule has 5 nitrogen and oxygen atoms in total. The molecule has 2 aliphatic rings. The van der Waals surface area contributed by atoms with Gasteiger partial charge in [0.05, 0.1) is 28.4 Å². The summed E-state index contributed by atoms with van der Waals surface area (Å²) in [4.78, 5) is 0. The fourth-order valence-electron chi connectivity index (χ4n) is 6.49. The van der Waals surface area contributed by atoms with E-state index in [0.717, 1.165) is 68.9 Å². The van der Waals surface area contributed by atoms with Gasteiger partial charge in [0.1, 0.15) is 17.2 Å². The summed E-state index contributed by atoms with van der Waals surface area (Å²) in [6.45, 7) is 0. The van der Waals surface area contributed by atoms with Crippen LogP contribution in [0.25, 0.3) is 28.0 Å². The molecule has 0 radical (unpaired) electrons. The van der Waals surface area contributed by atoms with Gasteiger partial charge in [-0.2, -0.15) is 0 Å². The lowest BCUT2D eigenvalue weighted by molar-refractivity contribution is 0.162. The van der Waals surface area contributed by atoms with E-state index in [1.54, 1.807) is 28.4 Å². The Morgan fingerprint density at radius 3 is 1.83 bits per heavy atom. The third-order valence-corrected chi connectivity index (χ3v) is 8.63. The predicted molar refractivity (Wildman–Crippen MR) is 166 cm³/mol. The van der Waals surface area contributed by atoms with Gasteiger partial charge in [-0.25, -0.2) is 0 Å². The van der Waals surface area contributed by atoms with Crippen molar-refractivity contribution < 1.29 is 23.7 Å².